The van der Waals surface area contributed by atoms with Gasteiger partial charge in [-0.3, -0.25) is 9.59 Å². The molecule has 1 amide bonds. The number of aryl methyl sites for hydroxylation is 2. The second-order valence-corrected chi connectivity index (χ2v) is 9.53. The average molecular weight is 392 g/mol. The number of thiophene rings is 1. The SMILES string of the molecule is C[C@@H]1CCCC[C@H]1NC(=O)CSc1nc2sc3c(c2c(=O)[nH]1)CCCC3. The summed E-state index contributed by atoms with van der Waals surface area (Å²) >= 11 is 2.97. The monoisotopic (exact) mass is 391 g/mol. The van der Waals surface area contributed by atoms with E-state index in [4.69, 9.17) is 0 Å². The first-order valence-corrected chi connectivity index (χ1v) is 11.4. The lowest BCUT2D eigenvalue weighted by atomic mass is 9.86. The number of amides is 1. The Morgan fingerprint density at radius 1 is 1.27 bits per heavy atom. The van der Waals surface area contributed by atoms with Crippen LogP contribution in [0, 0.1) is 5.92 Å². The van der Waals surface area contributed by atoms with Gasteiger partial charge in [0.15, 0.2) is 5.16 Å². The first-order valence-electron chi connectivity index (χ1n) is 9.58. The van der Waals surface area contributed by atoms with Gasteiger partial charge in [0.2, 0.25) is 5.91 Å². The molecule has 2 atom stereocenters. The number of aromatic nitrogens is 2. The van der Waals surface area contributed by atoms with Crippen molar-refractivity contribution >= 4 is 39.2 Å². The smallest absolute Gasteiger partial charge is 0.260 e. The molecule has 2 aliphatic rings. The molecule has 2 aliphatic carbocycles. The van der Waals surface area contributed by atoms with Crippen LogP contribution in [0.3, 0.4) is 0 Å². The normalized spacial score (nSPS) is 23.0. The maximum atomic E-state index is 12.5. The number of aromatic amines is 1. The van der Waals surface area contributed by atoms with Crippen LogP contribution in [0.1, 0.15) is 55.9 Å². The van der Waals surface area contributed by atoms with Crippen molar-refractivity contribution < 1.29 is 4.79 Å². The van der Waals surface area contributed by atoms with E-state index < -0.39 is 0 Å². The van der Waals surface area contributed by atoms with E-state index in [1.807, 2.05) is 0 Å². The van der Waals surface area contributed by atoms with Gasteiger partial charge < -0.3 is 10.3 Å². The number of nitrogens with zero attached hydrogens (tertiary/aromatic N) is 1. The van der Waals surface area contributed by atoms with Crippen LogP contribution in [0.15, 0.2) is 9.95 Å². The lowest BCUT2D eigenvalue weighted by Gasteiger charge is -2.29. The molecule has 2 N–H and O–H groups in total. The number of nitrogens with one attached hydrogen (secondary N) is 2. The second kappa shape index (κ2) is 7.72. The van der Waals surface area contributed by atoms with Crippen LogP contribution in [-0.4, -0.2) is 27.7 Å². The molecule has 0 radical (unpaired) electrons. The molecule has 2 heterocycles. The third-order valence-electron chi connectivity index (χ3n) is 5.60. The van der Waals surface area contributed by atoms with Crippen molar-refractivity contribution in [1.82, 2.24) is 15.3 Å². The second-order valence-electron chi connectivity index (χ2n) is 7.49. The molecule has 2 aromatic rings. The number of H-pyrrole nitrogens is 1. The molecule has 0 aromatic carbocycles. The van der Waals surface area contributed by atoms with E-state index in [0.29, 0.717) is 16.8 Å². The summed E-state index contributed by atoms with van der Waals surface area (Å²) in [4.78, 5) is 34.5. The Hall–Kier alpha value is -1.34. The third-order valence-corrected chi connectivity index (χ3v) is 7.66. The number of thioether (sulfide) groups is 1. The zero-order valence-corrected chi connectivity index (χ0v) is 16.7. The molecule has 0 unspecified atom stereocenters. The summed E-state index contributed by atoms with van der Waals surface area (Å²) in [6, 6.07) is 0.287. The van der Waals surface area contributed by atoms with Gasteiger partial charge in [-0.15, -0.1) is 11.3 Å². The van der Waals surface area contributed by atoms with Crippen molar-refractivity contribution in [2.75, 3.05) is 5.75 Å². The van der Waals surface area contributed by atoms with Gasteiger partial charge in [-0.2, -0.15) is 0 Å². The first kappa shape index (κ1) is 18.0. The van der Waals surface area contributed by atoms with E-state index in [0.717, 1.165) is 35.9 Å². The van der Waals surface area contributed by atoms with Crippen molar-refractivity contribution in [3.8, 4) is 0 Å². The molecule has 140 valence electrons. The Morgan fingerprint density at radius 2 is 2.08 bits per heavy atom. The largest absolute Gasteiger partial charge is 0.352 e. The van der Waals surface area contributed by atoms with Crippen molar-refractivity contribution in [2.24, 2.45) is 5.92 Å². The highest BCUT2D eigenvalue weighted by molar-refractivity contribution is 7.99. The van der Waals surface area contributed by atoms with Gasteiger partial charge in [-0.1, -0.05) is 31.5 Å². The standard InChI is InChI=1S/C19H25N3O2S2/c1-11-6-2-4-8-13(11)20-15(23)10-25-19-21-17(24)16-12-7-3-5-9-14(12)26-18(16)22-19/h11,13H,2-10H2,1H3,(H,20,23)(H,21,22,24)/t11-,13-/m1/s1. The number of fused-ring (bicyclic) bond motifs is 3. The minimum absolute atomic E-state index is 0.0296. The van der Waals surface area contributed by atoms with Gasteiger partial charge in [0.05, 0.1) is 11.1 Å². The predicted octanol–water partition coefficient (Wildman–Crippen LogP) is 3.65. The van der Waals surface area contributed by atoms with Crippen LogP contribution < -0.4 is 10.9 Å². The summed E-state index contributed by atoms with van der Waals surface area (Å²) in [7, 11) is 0. The van der Waals surface area contributed by atoms with Crippen molar-refractivity contribution in [2.45, 2.75) is 69.5 Å². The zero-order chi connectivity index (χ0) is 18.1. The Labute approximate surface area is 161 Å². The lowest BCUT2D eigenvalue weighted by molar-refractivity contribution is -0.119. The van der Waals surface area contributed by atoms with Crippen LogP contribution in [0.4, 0.5) is 0 Å². The van der Waals surface area contributed by atoms with Gasteiger partial charge in [0, 0.05) is 10.9 Å². The van der Waals surface area contributed by atoms with Crippen LogP contribution >= 0.6 is 23.1 Å². The van der Waals surface area contributed by atoms with Crippen molar-refractivity contribution in [1.29, 1.82) is 0 Å². The number of rotatable bonds is 4. The Bertz CT molecular complexity index is 874. The van der Waals surface area contributed by atoms with Gasteiger partial charge >= 0.3 is 0 Å². The molecule has 0 bridgehead atoms. The topological polar surface area (TPSA) is 74.8 Å². The highest BCUT2D eigenvalue weighted by atomic mass is 32.2. The fourth-order valence-corrected chi connectivity index (χ4v) is 6.12. The summed E-state index contributed by atoms with van der Waals surface area (Å²) in [5.74, 6) is 0.870. The Morgan fingerprint density at radius 3 is 2.92 bits per heavy atom. The molecule has 7 heteroatoms. The van der Waals surface area contributed by atoms with E-state index >= 15 is 0 Å². The molecule has 2 aromatic heterocycles. The maximum absolute atomic E-state index is 12.5. The minimum atomic E-state index is -0.0572. The summed E-state index contributed by atoms with van der Waals surface area (Å²) in [5.41, 5.74) is 1.14. The van der Waals surface area contributed by atoms with Gasteiger partial charge in [0.25, 0.3) is 5.56 Å². The van der Waals surface area contributed by atoms with E-state index in [1.165, 1.54) is 47.9 Å². The summed E-state index contributed by atoms with van der Waals surface area (Å²) in [5, 5.41) is 4.48. The average Bonchev–Trinajstić information content (AvgIpc) is 3.01. The fraction of sp³-hybridized carbons (Fsp3) is 0.632. The molecule has 4 rings (SSSR count). The maximum Gasteiger partial charge on any atom is 0.260 e. The molecule has 5 nitrogen and oxygen atoms in total. The Kier molecular flexibility index (Phi) is 5.36. The van der Waals surface area contributed by atoms with Crippen LogP contribution in [-0.2, 0) is 17.6 Å². The molecular weight excluding hydrogens is 366 g/mol. The number of carbonyl (C=O) groups is 1. The Balaban J connectivity index is 1.44. The molecule has 0 aliphatic heterocycles. The predicted molar refractivity (Wildman–Crippen MR) is 107 cm³/mol. The fourth-order valence-electron chi connectivity index (χ4n) is 4.13. The van der Waals surface area contributed by atoms with Crippen LogP contribution in [0.5, 0.6) is 0 Å². The van der Waals surface area contributed by atoms with E-state index in [2.05, 4.69) is 22.2 Å². The third kappa shape index (κ3) is 3.69. The van der Waals surface area contributed by atoms with Crippen LogP contribution in [0.25, 0.3) is 10.2 Å². The molecule has 0 saturated heterocycles. The molecule has 26 heavy (non-hydrogen) atoms. The minimum Gasteiger partial charge on any atom is -0.352 e. The number of hydrogen-bond acceptors (Lipinski definition) is 5. The zero-order valence-electron chi connectivity index (χ0n) is 15.1. The van der Waals surface area contributed by atoms with E-state index in [-0.39, 0.29) is 17.5 Å². The number of hydrogen-bond donors (Lipinski definition) is 2. The van der Waals surface area contributed by atoms with Crippen molar-refractivity contribution in [3.05, 3.63) is 20.8 Å². The first-order chi connectivity index (χ1) is 12.6. The highest BCUT2D eigenvalue weighted by Gasteiger charge is 2.23. The summed E-state index contributed by atoms with van der Waals surface area (Å²) < 4.78 is 0. The van der Waals surface area contributed by atoms with Gasteiger partial charge in [-0.25, -0.2) is 4.98 Å². The molecular formula is C19H25N3O2S2. The van der Waals surface area contributed by atoms with Crippen LogP contribution in [0.2, 0.25) is 0 Å². The lowest BCUT2D eigenvalue weighted by Crippen LogP contribution is -2.41. The van der Waals surface area contributed by atoms with Crippen molar-refractivity contribution in [3.63, 3.8) is 0 Å². The van der Waals surface area contributed by atoms with Gasteiger partial charge in [-0.05, 0) is 50.0 Å². The molecule has 1 fully saturated rings. The van der Waals surface area contributed by atoms with Gasteiger partial charge in [0.1, 0.15) is 4.83 Å². The van der Waals surface area contributed by atoms with E-state index in [9.17, 15) is 9.59 Å². The highest BCUT2D eigenvalue weighted by Crippen LogP contribution is 2.34. The summed E-state index contributed by atoms with van der Waals surface area (Å²) in [6.45, 7) is 2.21. The van der Waals surface area contributed by atoms with E-state index in [1.54, 1.807) is 11.3 Å². The quantitative estimate of drug-likeness (QED) is 0.616. The summed E-state index contributed by atoms with van der Waals surface area (Å²) in [6.07, 6.45) is 9.09. The molecule has 0 spiro atoms. The number of carbonyl (C=O) groups excluding carboxylic acids is 1. The molecule has 1 saturated carbocycles.